The lowest BCUT2D eigenvalue weighted by molar-refractivity contribution is -0.143. The van der Waals surface area contributed by atoms with Crippen molar-refractivity contribution < 1.29 is 28.5 Å². The van der Waals surface area contributed by atoms with Crippen molar-refractivity contribution in [3.8, 4) is 11.5 Å². The predicted molar refractivity (Wildman–Crippen MR) is 136 cm³/mol. The Balaban J connectivity index is 1.80. The molecule has 0 radical (unpaired) electrons. The first-order valence-electron chi connectivity index (χ1n) is 11.1. The number of carbonyl (C=O) groups excluding carboxylic acids is 2. The normalized spacial score (nSPS) is 12.0. The number of amides is 1. The van der Waals surface area contributed by atoms with Gasteiger partial charge in [0, 0.05) is 23.6 Å². The molecule has 3 aromatic rings. The number of nitrogens with one attached hydrogen (secondary N) is 2. The number of methoxy groups -OCH3 is 3. The third-order valence-corrected chi connectivity index (χ3v) is 5.18. The van der Waals surface area contributed by atoms with Crippen LogP contribution in [0.15, 0.2) is 36.4 Å². The van der Waals surface area contributed by atoms with Gasteiger partial charge in [0.05, 0.1) is 26.8 Å². The number of alkyl carbamates (subject to hydrolysis) is 1. The molecule has 0 aliphatic rings. The van der Waals surface area contributed by atoms with Crippen LogP contribution in [0.3, 0.4) is 0 Å². The Morgan fingerprint density at radius 3 is 2.22 bits per heavy atom. The minimum absolute atomic E-state index is 0.0722. The second-order valence-corrected chi connectivity index (χ2v) is 9.15. The van der Waals surface area contributed by atoms with Gasteiger partial charge < -0.3 is 29.6 Å². The van der Waals surface area contributed by atoms with Crippen molar-refractivity contribution in [2.45, 2.75) is 38.8 Å². The average molecular weight is 517 g/mol. The Bertz CT molecular complexity index is 1240. The topological polar surface area (TPSA) is 121 Å². The molecule has 1 atom stereocenters. The van der Waals surface area contributed by atoms with Gasteiger partial charge in [0.2, 0.25) is 5.28 Å². The van der Waals surface area contributed by atoms with E-state index < -0.39 is 23.7 Å². The molecule has 0 aliphatic carbocycles. The summed E-state index contributed by atoms with van der Waals surface area (Å²) in [5.41, 5.74) is 1.41. The van der Waals surface area contributed by atoms with E-state index in [0.717, 1.165) is 11.3 Å². The Morgan fingerprint density at radius 2 is 1.64 bits per heavy atom. The summed E-state index contributed by atoms with van der Waals surface area (Å²) in [5.74, 6) is 0.961. The zero-order chi connectivity index (χ0) is 26.5. The fourth-order valence-corrected chi connectivity index (χ4v) is 3.58. The van der Waals surface area contributed by atoms with Crippen LogP contribution >= 0.6 is 11.6 Å². The smallest absolute Gasteiger partial charge is 0.408 e. The lowest BCUT2D eigenvalue weighted by Gasteiger charge is -2.22. The average Bonchev–Trinajstić information content (AvgIpc) is 2.82. The maximum Gasteiger partial charge on any atom is 0.408 e. The van der Waals surface area contributed by atoms with E-state index in [9.17, 15) is 9.59 Å². The summed E-state index contributed by atoms with van der Waals surface area (Å²) in [7, 11) is 4.35. The molecule has 1 heterocycles. The van der Waals surface area contributed by atoms with Crippen LogP contribution in [-0.4, -0.2) is 55.0 Å². The number of carbonyl (C=O) groups is 2. The molecule has 0 bridgehead atoms. The highest BCUT2D eigenvalue weighted by molar-refractivity contribution is 6.28. The van der Waals surface area contributed by atoms with Crippen LogP contribution < -0.4 is 20.1 Å². The largest absolute Gasteiger partial charge is 0.493 e. The van der Waals surface area contributed by atoms with Crippen LogP contribution in [-0.2, 0) is 20.7 Å². The molecule has 3 rings (SSSR count). The number of benzene rings is 2. The van der Waals surface area contributed by atoms with Crippen LogP contribution in [0.2, 0.25) is 5.28 Å². The predicted octanol–water partition coefficient (Wildman–Crippen LogP) is 4.65. The van der Waals surface area contributed by atoms with E-state index in [2.05, 4.69) is 20.6 Å². The number of ether oxygens (including phenoxy) is 4. The number of halogens is 1. The molecule has 2 aromatic carbocycles. The standard InChI is InChI=1S/C25H29ClN4O6/c1-25(2,3)36-24(32)29-18(22(31)35-6)11-14-7-9-15(10-8-14)27-21-16-12-19(33-4)20(34-5)13-17(16)28-23(26)30-21/h7-10,12-13,18H,11H2,1-6H3,(H,29,32)(H,27,28,30). The van der Waals surface area contributed by atoms with Crippen LogP contribution in [0.5, 0.6) is 11.5 Å². The van der Waals surface area contributed by atoms with E-state index in [-0.39, 0.29) is 11.7 Å². The number of anilines is 2. The number of hydrogen-bond donors (Lipinski definition) is 2. The van der Waals surface area contributed by atoms with E-state index in [4.69, 9.17) is 30.5 Å². The van der Waals surface area contributed by atoms with Crippen molar-refractivity contribution in [3.05, 3.63) is 47.2 Å². The number of hydrogen-bond acceptors (Lipinski definition) is 9. The van der Waals surface area contributed by atoms with Crippen LogP contribution in [0.4, 0.5) is 16.3 Å². The van der Waals surface area contributed by atoms with E-state index in [1.165, 1.54) is 7.11 Å². The Hall–Kier alpha value is -3.79. The van der Waals surface area contributed by atoms with Gasteiger partial charge in [0.25, 0.3) is 0 Å². The molecule has 192 valence electrons. The van der Waals surface area contributed by atoms with Crippen molar-refractivity contribution in [3.63, 3.8) is 0 Å². The second-order valence-electron chi connectivity index (χ2n) is 8.81. The SMILES string of the molecule is COC(=O)C(Cc1ccc(Nc2nc(Cl)nc3cc(OC)c(OC)cc23)cc1)NC(=O)OC(C)(C)C. The van der Waals surface area contributed by atoms with E-state index in [1.807, 2.05) is 24.3 Å². The minimum atomic E-state index is -0.907. The van der Waals surface area contributed by atoms with Gasteiger partial charge in [0.15, 0.2) is 11.5 Å². The first-order valence-corrected chi connectivity index (χ1v) is 11.4. The van der Waals surface area contributed by atoms with Gasteiger partial charge in [-0.15, -0.1) is 0 Å². The van der Waals surface area contributed by atoms with Crippen molar-refractivity contribution >= 4 is 46.1 Å². The van der Waals surface area contributed by atoms with Crippen LogP contribution in [0.25, 0.3) is 10.9 Å². The lowest BCUT2D eigenvalue weighted by atomic mass is 10.1. The van der Waals surface area contributed by atoms with Crippen molar-refractivity contribution in [2.75, 3.05) is 26.6 Å². The van der Waals surface area contributed by atoms with Gasteiger partial charge in [-0.3, -0.25) is 0 Å². The summed E-state index contributed by atoms with van der Waals surface area (Å²) in [6.07, 6.45) is -0.485. The van der Waals surface area contributed by atoms with Gasteiger partial charge in [-0.2, -0.15) is 4.98 Å². The Morgan fingerprint density at radius 1 is 1.00 bits per heavy atom. The Kier molecular flexibility index (Phi) is 8.41. The summed E-state index contributed by atoms with van der Waals surface area (Å²) >= 11 is 6.14. The number of esters is 1. The highest BCUT2D eigenvalue weighted by Crippen LogP contribution is 2.35. The molecule has 1 amide bonds. The van der Waals surface area contributed by atoms with Crippen molar-refractivity contribution in [2.24, 2.45) is 0 Å². The zero-order valence-electron chi connectivity index (χ0n) is 21.0. The molecule has 1 aromatic heterocycles. The number of fused-ring (bicyclic) bond motifs is 1. The quantitative estimate of drug-likeness (QED) is 0.325. The summed E-state index contributed by atoms with van der Waals surface area (Å²) in [4.78, 5) is 33.0. The lowest BCUT2D eigenvalue weighted by Crippen LogP contribution is -2.45. The summed E-state index contributed by atoms with van der Waals surface area (Å²) < 4.78 is 20.8. The second kappa shape index (κ2) is 11.3. The zero-order valence-corrected chi connectivity index (χ0v) is 21.7. The molecule has 1 unspecified atom stereocenters. The highest BCUT2D eigenvalue weighted by atomic mass is 35.5. The van der Waals surface area contributed by atoms with Crippen molar-refractivity contribution in [1.82, 2.24) is 15.3 Å². The molecule has 36 heavy (non-hydrogen) atoms. The fourth-order valence-electron chi connectivity index (χ4n) is 3.40. The van der Waals surface area contributed by atoms with E-state index in [1.54, 1.807) is 47.1 Å². The highest BCUT2D eigenvalue weighted by Gasteiger charge is 2.25. The van der Waals surface area contributed by atoms with Gasteiger partial charge >= 0.3 is 12.1 Å². The Labute approximate surface area is 214 Å². The summed E-state index contributed by atoms with van der Waals surface area (Å²) in [6.45, 7) is 5.23. The first-order chi connectivity index (χ1) is 17.0. The van der Waals surface area contributed by atoms with E-state index in [0.29, 0.717) is 28.2 Å². The third kappa shape index (κ3) is 6.88. The van der Waals surface area contributed by atoms with E-state index >= 15 is 0 Å². The van der Waals surface area contributed by atoms with Crippen LogP contribution in [0.1, 0.15) is 26.3 Å². The summed E-state index contributed by atoms with van der Waals surface area (Å²) in [5, 5.41) is 6.56. The molecule has 0 saturated heterocycles. The van der Waals surface area contributed by atoms with Gasteiger partial charge in [-0.1, -0.05) is 12.1 Å². The fraction of sp³-hybridized carbons (Fsp3) is 0.360. The maximum atomic E-state index is 12.2. The van der Waals surface area contributed by atoms with Gasteiger partial charge in [0.1, 0.15) is 17.5 Å². The molecular weight excluding hydrogens is 488 g/mol. The molecule has 2 N–H and O–H groups in total. The van der Waals surface area contributed by atoms with Gasteiger partial charge in [-0.25, -0.2) is 14.6 Å². The molecular formula is C25H29ClN4O6. The minimum Gasteiger partial charge on any atom is -0.493 e. The van der Waals surface area contributed by atoms with Gasteiger partial charge in [-0.05, 0) is 56.1 Å². The summed E-state index contributed by atoms with van der Waals surface area (Å²) in [6, 6.07) is 9.87. The molecule has 11 heteroatoms. The van der Waals surface area contributed by atoms with Crippen LogP contribution in [0, 0.1) is 0 Å². The third-order valence-electron chi connectivity index (χ3n) is 5.01. The number of nitrogens with zero attached hydrogens (tertiary/aromatic N) is 2. The maximum absolute atomic E-state index is 12.2. The molecule has 0 saturated carbocycles. The number of aromatic nitrogens is 2. The van der Waals surface area contributed by atoms with Crippen molar-refractivity contribution in [1.29, 1.82) is 0 Å². The molecule has 0 fully saturated rings. The molecule has 10 nitrogen and oxygen atoms in total. The first kappa shape index (κ1) is 26.8. The monoisotopic (exact) mass is 516 g/mol. The molecule has 0 spiro atoms. The molecule has 0 aliphatic heterocycles. The number of rotatable bonds is 8.